The van der Waals surface area contributed by atoms with E-state index in [9.17, 15) is 57.5 Å². The molecule has 43 heavy (non-hydrogen) atoms. The van der Waals surface area contributed by atoms with Gasteiger partial charge in [-0.1, -0.05) is 6.07 Å². The summed E-state index contributed by atoms with van der Waals surface area (Å²) in [4.78, 5) is 30.9. The lowest BCUT2D eigenvalue weighted by atomic mass is 9.84. The standard InChI is InChI=1S/C24H27F9N4O5S/c25-22(26,27)17-5-2-14(16(34-17)12-18(38)35-43(40,41)15-3-4-15)13-37-9-1-6-21(37)7-10-36(11-8-21)20(39)42-19(23(28,29)30)24(31,32)33/h2,5,15,19H,1,3-4,6-13H2,(H,35,38). The van der Waals surface area contributed by atoms with Gasteiger partial charge in [0.1, 0.15) is 5.69 Å². The van der Waals surface area contributed by atoms with E-state index in [-0.39, 0.29) is 43.7 Å². The van der Waals surface area contributed by atoms with Crippen LogP contribution in [-0.4, -0.2) is 84.1 Å². The van der Waals surface area contributed by atoms with Crippen LogP contribution in [0.2, 0.25) is 0 Å². The largest absolute Gasteiger partial charge is 0.434 e. The van der Waals surface area contributed by atoms with E-state index in [0.29, 0.717) is 32.2 Å². The number of hydrogen-bond donors (Lipinski definition) is 1. The monoisotopic (exact) mass is 654 g/mol. The van der Waals surface area contributed by atoms with Crippen LogP contribution in [0.3, 0.4) is 0 Å². The van der Waals surface area contributed by atoms with Gasteiger partial charge in [0, 0.05) is 25.2 Å². The molecule has 1 spiro atoms. The molecule has 1 N–H and O–H groups in total. The number of pyridine rings is 1. The lowest BCUT2D eigenvalue weighted by molar-refractivity contribution is -0.308. The highest BCUT2D eigenvalue weighted by atomic mass is 32.2. The number of aromatic nitrogens is 1. The van der Waals surface area contributed by atoms with Gasteiger partial charge in [0.25, 0.3) is 6.10 Å². The Morgan fingerprint density at radius 3 is 2.12 bits per heavy atom. The molecule has 1 saturated carbocycles. The molecule has 4 rings (SSSR count). The molecule has 2 aliphatic heterocycles. The smallest absolute Gasteiger partial charge is 0.426 e. The van der Waals surface area contributed by atoms with Crippen molar-refractivity contribution >= 4 is 22.0 Å². The minimum Gasteiger partial charge on any atom is -0.426 e. The highest BCUT2D eigenvalue weighted by Crippen LogP contribution is 2.41. The maximum absolute atomic E-state index is 13.4. The number of rotatable bonds is 7. The highest BCUT2D eigenvalue weighted by molar-refractivity contribution is 7.90. The van der Waals surface area contributed by atoms with Crippen molar-refractivity contribution in [3.05, 3.63) is 29.1 Å². The molecule has 242 valence electrons. The molecule has 0 bridgehead atoms. The number of amides is 2. The Morgan fingerprint density at radius 1 is 0.977 bits per heavy atom. The molecule has 2 saturated heterocycles. The zero-order valence-electron chi connectivity index (χ0n) is 22.3. The Kier molecular flexibility index (Phi) is 8.91. The van der Waals surface area contributed by atoms with Crippen molar-refractivity contribution in [1.82, 2.24) is 19.5 Å². The number of hydrogen-bond acceptors (Lipinski definition) is 7. The number of carbonyl (C=O) groups excluding carboxylic acids is 2. The number of nitrogens with zero attached hydrogens (tertiary/aromatic N) is 3. The molecule has 0 aromatic carbocycles. The summed E-state index contributed by atoms with van der Waals surface area (Å²) in [6, 6.07) is 1.84. The van der Waals surface area contributed by atoms with Crippen molar-refractivity contribution in [2.24, 2.45) is 0 Å². The fourth-order valence-electron chi connectivity index (χ4n) is 5.41. The van der Waals surface area contributed by atoms with E-state index in [1.807, 2.05) is 9.62 Å². The molecule has 3 heterocycles. The number of ether oxygens (including phenoxy) is 1. The van der Waals surface area contributed by atoms with Crippen molar-refractivity contribution in [2.75, 3.05) is 19.6 Å². The van der Waals surface area contributed by atoms with Gasteiger partial charge in [0.05, 0.1) is 17.4 Å². The van der Waals surface area contributed by atoms with Gasteiger partial charge in [0.2, 0.25) is 15.9 Å². The summed E-state index contributed by atoms with van der Waals surface area (Å²) in [5.74, 6) is -1.06. The molecule has 1 aliphatic carbocycles. The normalized spacial score (nSPS) is 20.1. The fraction of sp³-hybridized carbons (Fsp3) is 0.708. The van der Waals surface area contributed by atoms with Crippen LogP contribution >= 0.6 is 0 Å². The van der Waals surface area contributed by atoms with Crippen molar-refractivity contribution in [2.45, 2.75) is 86.9 Å². The summed E-state index contributed by atoms with van der Waals surface area (Å²) in [6.07, 6.45) is -21.3. The number of alkyl halides is 9. The number of carbonyl (C=O) groups is 2. The van der Waals surface area contributed by atoms with E-state index in [1.165, 1.54) is 0 Å². The van der Waals surface area contributed by atoms with Crippen LogP contribution in [-0.2, 0) is 38.7 Å². The first kappa shape index (κ1) is 33.1. The summed E-state index contributed by atoms with van der Waals surface area (Å²) in [5, 5.41) is -0.745. The summed E-state index contributed by atoms with van der Waals surface area (Å²) >= 11 is 0. The molecule has 3 fully saturated rings. The second kappa shape index (κ2) is 11.6. The lowest BCUT2D eigenvalue weighted by Gasteiger charge is -2.45. The molecule has 3 aliphatic rings. The first-order chi connectivity index (χ1) is 19.7. The Morgan fingerprint density at radius 2 is 1.58 bits per heavy atom. The van der Waals surface area contributed by atoms with Gasteiger partial charge in [-0.2, -0.15) is 39.5 Å². The van der Waals surface area contributed by atoms with Gasteiger partial charge < -0.3 is 9.64 Å². The number of nitrogens with one attached hydrogen (secondary N) is 1. The number of piperidine rings is 1. The molecule has 9 nitrogen and oxygen atoms in total. The van der Waals surface area contributed by atoms with Crippen molar-refractivity contribution < 1.29 is 62.3 Å². The van der Waals surface area contributed by atoms with Crippen LogP contribution in [0, 0.1) is 0 Å². The quantitative estimate of drug-likeness (QED) is 0.437. The molecule has 19 heteroatoms. The zero-order valence-corrected chi connectivity index (χ0v) is 23.1. The van der Waals surface area contributed by atoms with E-state index >= 15 is 0 Å². The van der Waals surface area contributed by atoms with Gasteiger partial charge in [-0.15, -0.1) is 0 Å². The summed E-state index contributed by atoms with van der Waals surface area (Å²) in [6.45, 7) is -0.0934. The molecule has 0 atom stereocenters. The second-order valence-corrected chi connectivity index (χ2v) is 12.8. The van der Waals surface area contributed by atoms with Crippen LogP contribution in [0.15, 0.2) is 12.1 Å². The fourth-order valence-corrected chi connectivity index (χ4v) is 6.72. The van der Waals surface area contributed by atoms with Crippen molar-refractivity contribution in [3.8, 4) is 0 Å². The molecular weight excluding hydrogens is 627 g/mol. The highest BCUT2D eigenvalue weighted by Gasteiger charge is 2.60. The Labute approximate surface area is 239 Å². The topological polar surface area (TPSA) is 109 Å². The number of likely N-dealkylation sites (tertiary alicyclic amines) is 2. The number of sulfonamides is 1. The summed E-state index contributed by atoms with van der Waals surface area (Å²) < 4.78 is 147. The SMILES string of the molecule is O=C(Cc1nc(C(F)(F)F)ccc1CN1CCCC12CCN(C(=O)OC(C(F)(F)F)C(F)(F)F)CC2)NS(=O)(=O)C1CC1. The van der Waals surface area contributed by atoms with Crippen LogP contribution in [0.4, 0.5) is 44.3 Å². The van der Waals surface area contributed by atoms with Gasteiger partial charge in [-0.3, -0.25) is 14.4 Å². The molecule has 1 aromatic rings. The third kappa shape index (κ3) is 7.82. The maximum Gasteiger partial charge on any atom is 0.434 e. The predicted molar refractivity (Wildman–Crippen MR) is 129 cm³/mol. The summed E-state index contributed by atoms with van der Waals surface area (Å²) in [5.41, 5.74) is -2.08. The van der Waals surface area contributed by atoms with E-state index < -0.39 is 69.6 Å². The molecular formula is C24H27F9N4O5S. The Hall–Kier alpha value is -2.83. The average Bonchev–Trinajstić information content (AvgIpc) is 3.66. The van der Waals surface area contributed by atoms with Crippen LogP contribution in [0.1, 0.15) is 55.5 Å². The second-order valence-electron chi connectivity index (χ2n) is 10.8. The minimum absolute atomic E-state index is 0.0300. The summed E-state index contributed by atoms with van der Waals surface area (Å²) in [7, 11) is -3.97. The van der Waals surface area contributed by atoms with Gasteiger partial charge in [-0.05, 0) is 56.7 Å². The van der Waals surface area contributed by atoms with Crippen LogP contribution in [0.25, 0.3) is 0 Å². The molecule has 2 amide bonds. The van der Waals surface area contributed by atoms with Gasteiger partial charge in [0.15, 0.2) is 0 Å². The van der Waals surface area contributed by atoms with E-state index in [2.05, 4.69) is 9.72 Å². The minimum atomic E-state index is -5.86. The maximum atomic E-state index is 13.4. The zero-order chi connectivity index (χ0) is 32.0. The first-order valence-corrected chi connectivity index (χ1v) is 14.7. The average molecular weight is 655 g/mol. The third-order valence-corrected chi connectivity index (χ3v) is 9.64. The third-order valence-electron chi connectivity index (χ3n) is 7.77. The van der Waals surface area contributed by atoms with E-state index in [0.717, 1.165) is 17.0 Å². The van der Waals surface area contributed by atoms with Crippen LogP contribution in [0.5, 0.6) is 0 Å². The Bertz CT molecular complexity index is 1310. The lowest BCUT2D eigenvalue weighted by Crippen LogP contribution is -2.54. The molecule has 0 radical (unpaired) electrons. The van der Waals surface area contributed by atoms with Crippen LogP contribution < -0.4 is 4.72 Å². The van der Waals surface area contributed by atoms with Gasteiger partial charge in [-0.25, -0.2) is 18.2 Å². The van der Waals surface area contributed by atoms with Crippen molar-refractivity contribution in [3.63, 3.8) is 0 Å². The first-order valence-electron chi connectivity index (χ1n) is 13.2. The van der Waals surface area contributed by atoms with E-state index in [1.54, 1.807) is 0 Å². The predicted octanol–water partition coefficient (Wildman–Crippen LogP) is 4.31. The molecule has 0 unspecified atom stereocenters. The van der Waals surface area contributed by atoms with Crippen molar-refractivity contribution in [1.29, 1.82) is 0 Å². The number of halogens is 9. The van der Waals surface area contributed by atoms with Gasteiger partial charge >= 0.3 is 24.6 Å². The molecule has 1 aromatic heterocycles. The Balaban J connectivity index is 1.47. The van der Waals surface area contributed by atoms with E-state index in [4.69, 9.17) is 0 Å².